The molecule has 0 aliphatic carbocycles. The van der Waals surface area contributed by atoms with Crippen LogP contribution in [-0.2, 0) is 0 Å². The summed E-state index contributed by atoms with van der Waals surface area (Å²) in [5, 5.41) is 15.0. The van der Waals surface area contributed by atoms with Crippen molar-refractivity contribution in [2.45, 2.75) is 19.2 Å². The first-order valence-corrected chi connectivity index (χ1v) is 2.83. The highest BCUT2D eigenvalue weighted by atomic mass is 19.3. The van der Waals surface area contributed by atoms with E-state index in [1.165, 1.54) is 0 Å². The fraction of sp³-hybridized carbons (Fsp3) is 1.00. The van der Waals surface area contributed by atoms with Crippen molar-refractivity contribution in [2.24, 2.45) is 0 Å². The quantitative estimate of drug-likeness (QED) is 0.630. The highest BCUT2D eigenvalue weighted by Gasteiger charge is 2.12. The smallest absolute Gasteiger partial charge is 0.293 e. The first-order chi connectivity index (χ1) is 5.06. The molecule has 0 saturated carbocycles. The molecular weight excluding hydrogens is 168 g/mol. The zero-order chi connectivity index (χ0) is 9.28. The summed E-state index contributed by atoms with van der Waals surface area (Å²) in [5.41, 5.74) is 0. The predicted molar refractivity (Wildman–Crippen MR) is 30.8 cm³/mol. The van der Waals surface area contributed by atoms with Crippen molar-refractivity contribution >= 4 is 0 Å². The molecule has 1 atom stereocenters. The topological polar surface area (TPSA) is 40.5 Å². The van der Waals surface area contributed by atoms with E-state index in [-0.39, 0.29) is 13.0 Å². The average molecular weight is 178 g/mol. The summed E-state index contributed by atoms with van der Waals surface area (Å²) < 4.78 is 42.5. The molecule has 2 nitrogen and oxygen atoms in total. The van der Waals surface area contributed by atoms with Crippen LogP contribution in [-0.4, -0.2) is 36.3 Å². The molecule has 0 aromatic heterocycles. The van der Waals surface area contributed by atoms with Crippen LogP contribution >= 0.6 is 0 Å². The van der Waals surface area contributed by atoms with Gasteiger partial charge in [0.1, 0.15) is 0 Å². The normalized spacial score (nSPS) is 12.3. The van der Waals surface area contributed by atoms with Gasteiger partial charge in [-0.1, -0.05) is 0 Å². The van der Waals surface area contributed by atoms with Crippen LogP contribution in [0.4, 0.5) is 17.6 Å². The monoisotopic (exact) mass is 178 g/mol. The molecule has 1 unspecified atom stereocenters. The standard InChI is InChI=1S/C3H7FO.C2H3F3O/c4-2-1-3-5;3-1(4)2(5)6/h5H,1-3H2;1-2,6H. The van der Waals surface area contributed by atoms with Gasteiger partial charge >= 0.3 is 0 Å². The third kappa shape index (κ3) is 17.7. The van der Waals surface area contributed by atoms with Crippen LogP contribution in [0.15, 0.2) is 0 Å². The molecule has 0 aromatic rings. The number of alkyl halides is 4. The molecule has 0 saturated heterocycles. The van der Waals surface area contributed by atoms with Crippen molar-refractivity contribution in [3.63, 3.8) is 0 Å². The van der Waals surface area contributed by atoms with E-state index >= 15 is 0 Å². The minimum atomic E-state index is -3.26. The largest absolute Gasteiger partial charge is 0.396 e. The summed E-state index contributed by atoms with van der Waals surface area (Å²) in [6, 6.07) is 0. The van der Waals surface area contributed by atoms with Crippen LogP contribution in [0.25, 0.3) is 0 Å². The van der Waals surface area contributed by atoms with Crippen LogP contribution in [0.2, 0.25) is 0 Å². The SMILES string of the molecule is OC(F)C(F)F.OCCCF. The Kier molecular flexibility index (Phi) is 11.6. The molecule has 0 spiro atoms. The van der Waals surface area contributed by atoms with E-state index in [0.717, 1.165) is 0 Å². The summed E-state index contributed by atoms with van der Waals surface area (Å²) in [4.78, 5) is 0. The van der Waals surface area contributed by atoms with Crippen molar-refractivity contribution in [1.82, 2.24) is 0 Å². The van der Waals surface area contributed by atoms with Gasteiger partial charge in [0, 0.05) is 6.61 Å². The van der Waals surface area contributed by atoms with Gasteiger partial charge in [-0.25, -0.2) is 13.2 Å². The zero-order valence-electron chi connectivity index (χ0n) is 5.68. The fourth-order valence-electron chi connectivity index (χ4n) is 0.0598. The van der Waals surface area contributed by atoms with Gasteiger partial charge in [0.25, 0.3) is 12.8 Å². The Morgan fingerprint density at radius 1 is 1.18 bits per heavy atom. The van der Waals surface area contributed by atoms with Gasteiger partial charge in [0.2, 0.25) is 0 Å². The van der Waals surface area contributed by atoms with E-state index in [0.29, 0.717) is 0 Å². The molecule has 6 heteroatoms. The maximum atomic E-state index is 10.8. The number of rotatable bonds is 3. The zero-order valence-corrected chi connectivity index (χ0v) is 5.68. The van der Waals surface area contributed by atoms with Crippen molar-refractivity contribution in [3.8, 4) is 0 Å². The summed E-state index contributed by atoms with van der Waals surface area (Å²) in [6.07, 6.45) is -5.96. The summed E-state index contributed by atoms with van der Waals surface area (Å²) in [6.45, 7) is -0.438. The van der Waals surface area contributed by atoms with Gasteiger partial charge in [-0.05, 0) is 6.42 Å². The molecule has 0 aliphatic rings. The Hall–Kier alpha value is -0.360. The van der Waals surface area contributed by atoms with Crippen LogP contribution in [0.3, 0.4) is 0 Å². The van der Waals surface area contributed by atoms with Gasteiger partial charge in [-0.2, -0.15) is 0 Å². The van der Waals surface area contributed by atoms with E-state index < -0.39 is 19.5 Å². The second-order valence-corrected chi connectivity index (χ2v) is 1.47. The Morgan fingerprint density at radius 3 is 1.55 bits per heavy atom. The van der Waals surface area contributed by atoms with E-state index in [4.69, 9.17) is 10.2 Å². The molecule has 0 amide bonds. The van der Waals surface area contributed by atoms with Crippen molar-refractivity contribution < 1.29 is 27.8 Å². The molecular formula is C5H10F4O2. The second-order valence-electron chi connectivity index (χ2n) is 1.47. The molecule has 0 fully saturated rings. The molecule has 2 N–H and O–H groups in total. The lowest BCUT2D eigenvalue weighted by molar-refractivity contribution is -0.0843. The van der Waals surface area contributed by atoms with Crippen molar-refractivity contribution in [3.05, 3.63) is 0 Å². The number of hydrogen-bond acceptors (Lipinski definition) is 2. The number of halogens is 4. The number of aliphatic hydroxyl groups excluding tert-OH is 2. The van der Waals surface area contributed by atoms with Gasteiger partial charge in [-0.15, -0.1) is 0 Å². The predicted octanol–water partition coefficient (Wildman–Crippen LogP) is 0.878. The van der Waals surface area contributed by atoms with E-state index in [2.05, 4.69) is 0 Å². The Labute approximate surface area is 61.5 Å². The molecule has 0 radical (unpaired) electrons. The third-order valence-corrected chi connectivity index (χ3v) is 0.500. The van der Waals surface area contributed by atoms with Crippen LogP contribution in [0.1, 0.15) is 6.42 Å². The maximum absolute atomic E-state index is 10.8. The lowest BCUT2D eigenvalue weighted by Crippen LogP contribution is -2.08. The maximum Gasteiger partial charge on any atom is 0.293 e. The van der Waals surface area contributed by atoms with E-state index in [1.807, 2.05) is 0 Å². The van der Waals surface area contributed by atoms with Crippen molar-refractivity contribution in [2.75, 3.05) is 13.3 Å². The minimum absolute atomic E-state index is 0.0312. The van der Waals surface area contributed by atoms with Gasteiger partial charge in [0.15, 0.2) is 0 Å². The molecule has 0 aromatic carbocycles. The summed E-state index contributed by atoms with van der Waals surface area (Å²) in [7, 11) is 0. The molecule has 0 bridgehead atoms. The Balaban J connectivity index is 0. The fourth-order valence-corrected chi connectivity index (χ4v) is 0.0598. The first-order valence-electron chi connectivity index (χ1n) is 2.83. The highest BCUT2D eigenvalue weighted by molar-refractivity contribution is 4.34. The average Bonchev–Trinajstić information content (AvgIpc) is 1.90. The summed E-state index contributed by atoms with van der Waals surface area (Å²) >= 11 is 0. The number of hydrogen-bond donors (Lipinski definition) is 2. The third-order valence-electron chi connectivity index (χ3n) is 0.500. The molecule has 0 aliphatic heterocycles. The van der Waals surface area contributed by atoms with E-state index in [9.17, 15) is 17.6 Å². The Bertz CT molecular complexity index is 61.5. The van der Waals surface area contributed by atoms with Gasteiger partial charge < -0.3 is 10.2 Å². The molecule has 70 valence electrons. The minimum Gasteiger partial charge on any atom is -0.396 e. The molecule has 0 heterocycles. The highest BCUT2D eigenvalue weighted by Crippen LogP contribution is 1.98. The van der Waals surface area contributed by atoms with Gasteiger partial charge in [-0.3, -0.25) is 4.39 Å². The lowest BCUT2D eigenvalue weighted by Gasteiger charge is -1.92. The summed E-state index contributed by atoms with van der Waals surface area (Å²) in [5.74, 6) is 0. The van der Waals surface area contributed by atoms with Gasteiger partial charge in [0.05, 0.1) is 6.67 Å². The second kappa shape index (κ2) is 9.64. The van der Waals surface area contributed by atoms with Crippen LogP contribution in [0.5, 0.6) is 0 Å². The number of aliphatic hydroxyl groups is 2. The first kappa shape index (κ1) is 13.2. The van der Waals surface area contributed by atoms with Crippen LogP contribution in [0, 0.1) is 0 Å². The molecule has 0 rings (SSSR count). The molecule has 11 heavy (non-hydrogen) atoms. The van der Waals surface area contributed by atoms with Crippen molar-refractivity contribution in [1.29, 1.82) is 0 Å². The van der Waals surface area contributed by atoms with E-state index in [1.54, 1.807) is 0 Å². The lowest BCUT2D eigenvalue weighted by atomic mass is 10.5. The Morgan fingerprint density at radius 2 is 1.55 bits per heavy atom. The van der Waals surface area contributed by atoms with Crippen LogP contribution < -0.4 is 0 Å².